The number of nitrogens with zero attached hydrogens (tertiary/aromatic N) is 2. The Bertz CT molecular complexity index is 1160. The third-order valence-corrected chi connectivity index (χ3v) is 7.34. The molecule has 2 heterocycles. The molecule has 35 heavy (non-hydrogen) atoms. The van der Waals surface area contributed by atoms with E-state index in [0.717, 1.165) is 30.5 Å². The van der Waals surface area contributed by atoms with E-state index in [1.165, 1.54) is 17.7 Å². The lowest BCUT2D eigenvalue weighted by Crippen LogP contribution is -2.67. The summed E-state index contributed by atoms with van der Waals surface area (Å²) in [7, 11) is 0. The molecule has 0 aromatic heterocycles. The summed E-state index contributed by atoms with van der Waals surface area (Å²) in [5, 5.41) is 10.2. The van der Waals surface area contributed by atoms with Crippen LogP contribution in [0.15, 0.2) is 78.9 Å². The fourth-order valence-corrected chi connectivity index (χ4v) is 5.49. The quantitative estimate of drug-likeness (QED) is 0.530. The average Bonchev–Trinajstić information content (AvgIpc) is 2.88. The van der Waals surface area contributed by atoms with Crippen LogP contribution in [0.2, 0.25) is 0 Å². The van der Waals surface area contributed by atoms with Crippen molar-refractivity contribution in [2.24, 2.45) is 0 Å². The normalized spacial score (nSPS) is 22.8. The van der Waals surface area contributed by atoms with E-state index in [-0.39, 0.29) is 36.3 Å². The van der Waals surface area contributed by atoms with Crippen LogP contribution in [-0.2, 0) is 0 Å². The fraction of sp³-hybridized carbons (Fsp3) is 0.300. The van der Waals surface area contributed by atoms with Gasteiger partial charge in [-0.05, 0) is 60.3 Å². The van der Waals surface area contributed by atoms with Crippen molar-refractivity contribution in [3.63, 3.8) is 0 Å². The molecule has 0 bridgehead atoms. The number of hydrogen-bond acceptors (Lipinski definition) is 3. The number of rotatable bonds is 5. The van der Waals surface area contributed by atoms with Crippen molar-refractivity contribution < 1.29 is 14.3 Å². The Morgan fingerprint density at radius 1 is 0.886 bits per heavy atom. The molecule has 4 nitrogen and oxygen atoms in total. The third-order valence-electron chi connectivity index (χ3n) is 7.34. The summed E-state index contributed by atoms with van der Waals surface area (Å²) >= 11 is 0. The van der Waals surface area contributed by atoms with Crippen molar-refractivity contribution in [1.29, 1.82) is 0 Å². The zero-order chi connectivity index (χ0) is 24.2. The number of amides is 1. The fourth-order valence-electron chi connectivity index (χ4n) is 5.49. The molecule has 0 saturated carbocycles. The second-order valence-corrected chi connectivity index (χ2v) is 9.46. The van der Waals surface area contributed by atoms with Crippen LogP contribution < -0.4 is 0 Å². The van der Waals surface area contributed by atoms with Gasteiger partial charge in [-0.3, -0.25) is 9.69 Å². The molecule has 0 spiro atoms. The molecule has 2 aliphatic rings. The summed E-state index contributed by atoms with van der Waals surface area (Å²) in [5.41, 5.74) is 3.99. The van der Waals surface area contributed by atoms with Gasteiger partial charge in [0.15, 0.2) is 0 Å². The highest BCUT2D eigenvalue weighted by atomic mass is 19.1. The lowest BCUT2D eigenvalue weighted by Gasteiger charge is -2.57. The highest BCUT2D eigenvalue weighted by Crippen LogP contribution is 2.42. The molecule has 180 valence electrons. The number of fused-ring (bicyclic) bond motifs is 1. The Morgan fingerprint density at radius 2 is 1.54 bits per heavy atom. The van der Waals surface area contributed by atoms with E-state index in [2.05, 4.69) is 53.5 Å². The predicted molar refractivity (Wildman–Crippen MR) is 137 cm³/mol. The van der Waals surface area contributed by atoms with Crippen LogP contribution in [0.1, 0.15) is 45.8 Å². The van der Waals surface area contributed by atoms with E-state index < -0.39 is 0 Å². The van der Waals surface area contributed by atoms with Gasteiger partial charge in [-0.25, -0.2) is 4.39 Å². The topological polar surface area (TPSA) is 43.8 Å². The van der Waals surface area contributed by atoms with E-state index in [0.29, 0.717) is 18.7 Å². The summed E-state index contributed by atoms with van der Waals surface area (Å²) < 4.78 is 13.4. The molecule has 3 atom stereocenters. The second kappa shape index (κ2) is 10.5. The maximum Gasteiger partial charge on any atom is 0.253 e. The number of halogens is 1. The molecule has 2 aliphatic heterocycles. The van der Waals surface area contributed by atoms with Crippen LogP contribution in [0.25, 0.3) is 12.2 Å². The maximum atomic E-state index is 13.4. The largest absolute Gasteiger partial charge is 0.395 e. The van der Waals surface area contributed by atoms with Crippen molar-refractivity contribution in [2.75, 3.05) is 26.2 Å². The van der Waals surface area contributed by atoms with Gasteiger partial charge < -0.3 is 10.0 Å². The van der Waals surface area contributed by atoms with Crippen molar-refractivity contribution >= 4 is 18.1 Å². The molecule has 1 N–H and O–H groups in total. The summed E-state index contributed by atoms with van der Waals surface area (Å²) in [6.45, 7) is 2.33. The molecule has 0 aliphatic carbocycles. The SMILES string of the molecule is O=C(c1ccc(F)cc1)N1CCCCN2[C@H](C1)[C@H](c1ccc(/C=C/c3ccccc3)cc1)[C@@H]2CO. The van der Waals surface area contributed by atoms with Crippen LogP contribution in [-0.4, -0.2) is 59.1 Å². The van der Waals surface area contributed by atoms with Gasteiger partial charge in [0.25, 0.3) is 5.91 Å². The second-order valence-electron chi connectivity index (χ2n) is 9.46. The summed E-state index contributed by atoms with van der Waals surface area (Å²) in [6, 6.07) is 24.8. The molecular weight excluding hydrogens is 439 g/mol. The molecule has 5 rings (SSSR count). The maximum absolute atomic E-state index is 13.4. The monoisotopic (exact) mass is 470 g/mol. The van der Waals surface area contributed by atoms with Gasteiger partial charge in [-0.2, -0.15) is 0 Å². The van der Waals surface area contributed by atoms with Gasteiger partial charge in [-0.1, -0.05) is 66.7 Å². The first-order valence-electron chi connectivity index (χ1n) is 12.4. The lowest BCUT2D eigenvalue weighted by atomic mass is 9.74. The van der Waals surface area contributed by atoms with Crippen LogP contribution in [0.3, 0.4) is 0 Å². The van der Waals surface area contributed by atoms with Crippen LogP contribution >= 0.6 is 0 Å². The molecule has 1 amide bonds. The number of carbonyl (C=O) groups is 1. The van der Waals surface area contributed by atoms with Crippen molar-refractivity contribution in [3.05, 3.63) is 107 Å². The van der Waals surface area contributed by atoms with Gasteiger partial charge in [0.1, 0.15) is 5.82 Å². The molecule has 0 unspecified atom stereocenters. The van der Waals surface area contributed by atoms with Gasteiger partial charge in [0.05, 0.1) is 6.61 Å². The van der Waals surface area contributed by atoms with Gasteiger partial charge in [0.2, 0.25) is 0 Å². The standard InChI is InChI=1S/C30H31FN2O2/c31-26-16-14-25(15-17-26)30(35)32-18-4-5-19-33-27(20-32)29(28(33)21-34)24-12-10-23(11-13-24)9-8-22-6-2-1-3-7-22/h1-3,6-17,27-29,34H,4-5,18-21H2/b9-8+/t27-,28+,29+/m1/s1. The first kappa shape index (κ1) is 23.5. The Kier molecular flexibility index (Phi) is 7.07. The number of aliphatic hydroxyl groups is 1. The number of hydrogen-bond donors (Lipinski definition) is 1. The van der Waals surface area contributed by atoms with Gasteiger partial charge in [0, 0.05) is 36.7 Å². The molecule has 3 aromatic rings. The van der Waals surface area contributed by atoms with Crippen molar-refractivity contribution in [1.82, 2.24) is 9.80 Å². The number of aliphatic hydroxyl groups excluding tert-OH is 1. The average molecular weight is 471 g/mol. The minimum atomic E-state index is -0.340. The first-order valence-corrected chi connectivity index (χ1v) is 12.4. The highest BCUT2D eigenvalue weighted by Gasteiger charge is 2.49. The lowest BCUT2D eigenvalue weighted by molar-refractivity contribution is -0.0606. The van der Waals surface area contributed by atoms with E-state index in [1.807, 2.05) is 23.1 Å². The minimum absolute atomic E-state index is 0.0561. The van der Waals surface area contributed by atoms with E-state index in [9.17, 15) is 14.3 Å². The van der Waals surface area contributed by atoms with Crippen molar-refractivity contribution in [2.45, 2.75) is 30.8 Å². The van der Waals surface area contributed by atoms with E-state index in [4.69, 9.17) is 0 Å². The molecule has 2 saturated heterocycles. The highest BCUT2D eigenvalue weighted by molar-refractivity contribution is 5.94. The summed E-state index contributed by atoms with van der Waals surface area (Å²) in [5.74, 6) is -0.236. The van der Waals surface area contributed by atoms with Crippen LogP contribution in [0.4, 0.5) is 4.39 Å². The Morgan fingerprint density at radius 3 is 2.23 bits per heavy atom. The summed E-state index contributed by atoms with van der Waals surface area (Å²) in [4.78, 5) is 17.5. The van der Waals surface area contributed by atoms with Gasteiger partial charge in [-0.15, -0.1) is 0 Å². The van der Waals surface area contributed by atoms with E-state index in [1.54, 1.807) is 12.1 Å². The zero-order valence-electron chi connectivity index (χ0n) is 19.8. The predicted octanol–water partition coefficient (Wildman–Crippen LogP) is 5.06. The molecule has 5 heteroatoms. The Balaban J connectivity index is 1.34. The Hall–Kier alpha value is -3.28. The van der Waals surface area contributed by atoms with E-state index >= 15 is 0 Å². The Labute approximate surface area is 206 Å². The van der Waals surface area contributed by atoms with Crippen LogP contribution in [0.5, 0.6) is 0 Å². The zero-order valence-corrected chi connectivity index (χ0v) is 19.8. The van der Waals surface area contributed by atoms with Crippen molar-refractivity contribution in [3.8, 4) is 0 Å². The number of benzene rings is 3. The first-order chi connectivity index (χ1) is 17.1. The molecule has 3 aromatic carbocycles. The number of carbonyl (C=O) groups excluding carboxylic acids is 1. The molecular formula is C30H31FN2O2. The molecule has 0 radical (unpaired) electrons. The van der Waals surface area contributed by atoms with Crippen LogP contribution in [0, 0.1) is 5.82 Å². The minimum Gasteiger partial charge on any atom is -0.395 e. The smallest absolute Gasteiger partial charge is 0.253 e. The van der Waals surface area contributed by atoms with Gasteiger partial charge >= 0.3 is 0 Å². The third kappa shape index (κ3) is 5.07. The summed E-state index contributed by atoms with van der Waals surface area (Å²) in [6.07, 6.45) is 6.11. The molecule has 2 fully saturated rings.